The fourth-order valence-electron chi connectivity index (χ4n) is 1.94. The normalized spacial score (nSPS) is 16.9. The molecule has 4 nitrogen and oxygen atoms in total. The minimum atomic E-state index is 0.198. The van der Waals surface area contributed by atoms with E-state index in [2.05, 4.69) is 17.7 Å². The molecule has 1 aromatic heterocycles. The highest BCUT2D eigenvalue weighted by molar-refractivity contribution is 7.80. The molecule has 1 aliphatic rings. The van der Waals surface area contributed by atoms with E-state index >= 15 is 0 Å². The average molecular weight is 253 g/mol. The van der Waals surface area contributed by atoms with Crippen molar-refractivity contribution in [2.24, 2.45) is 12.5 Å². The first-order valence-electron chi connectivity index (χ1n) is 5.87. The Bertz CT molecular complexity index is 412. The Kier molecular flexibility index (Phi) is 3.47. The van der Waals surface area contributed by atoms with Gasteiger partial charge in [0, 0.05) is 38.8 Å². The maximum atomic E-state index is 12.0. The topological polar surface area (TPSA) is 38.1 Å². The molecule has 1 aromatic rings. The van der Waals surface area contributed by atoms with Crippen molar-refractivity contribution in [3.05, 3.63) is 18.0 Å². The molecule has 0 saturated heterocycles. The van der Waals surface area contributed by atoms with Crippen LogP contribution in [0.2, 0.25) is 0 Å². The molecular formula is C12H19N3OS. The zero-order chi connectivity index (χ0) is 12.5. The summed E-state index contributed by atoms with van der Waals surface area (Å²) in [5.74, 6) is 1.03. The van der Waals surface area contributed by atoms with Gasteiger partial charge in [0.05, 0.1) is 6.20 Å². The van der Waals surface area contributed by atoms with Gasteiger partial charge in [-0.15, -0.1) is 0 Å². The Morgan fingerprint density at radius 3 is 2.82 bits per heavy atom. The van der Waals surface area contributed by atoms with Gasteiger partial charge >= 0.3 is 0 Å². The van der Waals surface area contributed by atoms with Crippen molar-refractivity contribution in [1.82, 2.24) is 14.7 Å². The SMILES string of the molecule is CN(Cc1cnn(C)c1)C(=O)CC1(CS)CC1. The van der Waals surface area contributed by atoms with Crippen LogP contribution in [0.25, 0.3) is 0 Å². The molecule has 0 N–H and O–H groups in total. The van der Waals surface area contributed by atoms with Crippen molar-refractivity contribution in [3.63, 3.8) is 0 Å². The second-order valence-electron chi connectivity index (χ2n) is 5.11. The molecule has 1 amide bonds. The van der Waals surface area contributed by atoms with Crippen LogP contribution in [0.3, 0.4) is 0 Å². The first kappa shape index (κ1) is 12.5. The molecule has 0 unspecified atom stereocenters. The number of aryl methyl sites for hydroxylation is 1. The molecule has 1 aliphatic carbocycles. The fourth-order valence-corrected chi connectivity index (χ4v) is 2.37. The standard InChI is InChI=1S/C12H19N3OS/c1-14(7-10-6-13-15(2)8-10)11(16)5-12(9-17)3-4-12/h6,8,17H,3-5,7,9H2,1-2H3. The summed E-state index contributed by atoms with van der Waals surface area (Å²) in [5, 5.41) is 4.10. The van der Waals surface area contributed by atoms with Crippen molar-refractivity contribution in [2.75, 3.05) is 12.8 Å². The van der Waals surface area contributed by atoms with E-state index in [-0.39, 0.29) is 11.3 Å². The maximum Gasteiger partial charge on any atom is 0.223 e. The molecule has 1 saturated carbocycles. The molecule has 0 aliphatic heterocycles. The van der Waals surface area contributed by atoms with E-state index in [0.29, 0.717) is 13.0 Å². The van der Waals surface area contributed by atoms with Gasteiger partial charge in [0.25, 0.3) is 0 Å². The van der Waals surface area contributed by atoms with Gasteiger partial charge in [-0.25, -0.2) is 0 Å². The molecule has 94 valence electrons. The van der Waals surface area contributed by atoms with Crippen molar-refractivity contribution in [2.45, 2.75) is 25.8 Å². The Morgan fingerprint density at radius 1 is 1.65 bits per heavy atom. The Hall–Kier alpha value is -0.970. The minimum Gasteiger partial charge on any atom is -0.341 e. The van der Waals surface area contributed by atoms with Crippen LogP contribution in [0.15, 0.2) is 12.4 Å². The number of rotatable bonds is 5. The summed E-state index contributed by atoms with van der Waals surface area (Å²) in [6.07, 6.45) is 6.66. The number of amides is 1. The van der Waals surface area contributed by atoms with E-state index in [4.69, 9.17) is 0 Å². The second-order valence-corrected chi connectivity index (χ2v) is 5.42. The van der Waals surface area contributed by atoms with Crippen LogP contribution in [0, 0.1) is 5.41 Å². The fraction of sp³-hybridized carbons (Fsp3) is 0.667. The molecule has 2 rings (SSSR count). The predicted molar refractivity (Wildman–Crippen MR) is 69.8 cm³/mol. The molecule has 1 heterocycles. The lowest BCUT2D eigenvalue weighted by Gasteiger charge is -2.19. The lowest BCUT2D eigenvalue weighted by Crippen LogP contribution is -2.28. The van der Waals surface area contributed by atoms with E-state index in [9.17, 15) is 4.79 Å². The third-order valence-corrected chi connectivity index (χ3v) is 4.09. The van der Waals surface area contributed by atoms with Gasteiger partial charge in [0.2, 0.25) is 5.91 Å². The van der Waals surface area contributed by atoms with Crippen LogP contribution in [0.1, 0.15) is 24.8 Å². The quantitative estimate of drug-likeness (QED) is 0.807. The van der Waals surface area contributed by atoms with Gasteiger partial charge < -0.3 is 4.90 Å². The number of thiol groups is 1. The summed E-state index contributed by atoms with van der Waals surface area (Å²) in [5.41, 5.74) is 1.27. The maximum absolute atomic E-state index is 12.0. The number of aromatic nitrogens is 2. The van der Waals surface area contributed by atoms with Crippen LogP contribution in [-0.2, 0) is 18.4 Å². The predicted octanol–water partition coefficient (Wildman–Crippen LogP) is 1.48. The molecule has 17 heavy (non-hydrogen) atoms. The van der Waals surface area contributed by atoms with Crippen molar-refractivity contribution in [1.29, 1.82) is 0 Å². The van der Waals surface area contributed by atoms with Crippen LogP contribution in [0.5, 0.6) is 0 Å². The van der Waals surface area contributed by atoms with Crippen LogP contribution >= 0.6 is 12.6 Å². The molecular weight excluding hydrogens is 234 g/mol. The molecule has 0 bridgehead atoms. The molecule has 0 spiro atoms. The minimum absolute atomic E-state index is 0.198. The van der Waals surface area contributed by atoms with Crippen molar-refractivity contribution < 1.29 is 4.79 Å². The van der Waals surface area contributed by atoms with E-state index < -0.39 is 0 Å². The summed E-state index contributed by atoms with van der Waals surface area (Å²) in [4.78, 5) is 13.8. The Morgan fingerprint density at radius 2 is 2.35 bits per heavy atom. The summed E-state index contributed by atoms with van der Waals surface area (Å²) < 4.78 is 1.75. The number of hydrogen-bond donors (Lipinski definition) is 1. The van der Waals surface area contributed by atoms with Gasteiger partial charge in [-0.05, 0) is 24.0 Å². The van der Waals surface area contributed by atoms with Crippen molar-refractivity contribution >= 4 is 18.5 Å². The number of nitrogens with zero attached hydrogens (tertiary/aromatic N) is 3. The number of hydrogen-bond acceptors (Lipinski definition) is 3. The largest absolute Gasteiger partial charge is 0.341 e. The van der Waals surface area contributed by atoms with Gasteiger partial charge in [-0.2, -0.15) is 17.7 Å². The Labute approximate surface area is 107 Å². The zero-order valence-corrected chi connectivity index (χ0v) is 11.3. The van der Waals surface area contributed by atoms with E-state index in [1.807, 2.05) is 20.3 Å². The summed E-state index contributed by atoms with van der Waals surface area (Å²) >= 11 is 4.33. The summed E-state index contributed by atoms with van der Waals surface area (Å²) in [7, 11) is 3.73. The summed E-state index contributed by atoms with van der Waals surface area (Å²) in [6, 6.07) is 0. The van der Waals surface area contributed by atoms with E-state index in [1.165, 1.54) is 0 Å². The highest BCUT2D eigenvalue weighted by Gasteiger charge is 2.43. The lowest BCUT2D eigenvalue weighted by molar-refractivity contribution is -0.131. The third kappa shape index (κ3) is 3.03. The average Bonchev–Trinajstić information content (AvgIpc) is 2.95. The monoisotopic (exact) mass is 253 g/mol. The van der Waals surface area contributed by atoms with Crippen LogP contribution < -0.4 is 0 Å². The second kappa shape index (κ2) is 4.72. The van der Waals surface area contributed by atoms with Gasteiger partial charge in [-0.3, -0.25) is 9.48 Å². The van der Waals surface area contributed by atoms with Crippen molar-refractivity contribution in [3.8, 4) is 0 Å². The number of carbonyl (C=O) groups is 1. The molecule has 0 atom stereocenters. The van der Waals surface area contributed by atoms with Gasteiger partial charge in [-0.1, -0.05) is 0 Å². The molecule has 1 fully saturated rings. The van der Waals surface area contributed by atoms with E-state index in [1.54, 1.807) is 15.8 Å². The van der Waals surface area contributed by atoms with Crippen LogP contribution in [-0.4, -0.2) is 33.4 Å². The zero-order valence-electron chi connectivity index (χ0n) is 10.4. The third-order valence-electron chi connectivity index (χ3n) is 3.42. The lowest BCUT2D eigenvalue weighted by atomic mass is 10.0. The first-order chi connectivity index (χ1) is 8.04. The van der Waals surface area contributed by atoms with E-state index in [0.717, 1.165) is 24.2 Å². The molecule has 5 heteroatoms. The smallest absolute Gasteiger partial charge is 0.223 e. The highest BCUT2D eigenvalue weighted by atomic mass is 32.1. The van der Waals surface area contributed by atoms with Gasteiger partial charge in [0.1, 0.15) is 0 Å². The highest BCUT2D eigenvalue weighted by Crippen LogP contribution is 2.49. The Balaban J connectivity index is 1.87. The number of carbonyl (C=O) groups excluding carboxylic acids is 1. The summed E-state index contributed by atoms with van der Waals surface area (Å²) in [6.45, 7) is 0.634. The molecule has 0 radical (unpaired) electrons. The first-order valence-corrected chi connectivity index (χ1v) is 6.50. The molecule has 0 aromatic carbocycles. The van der Waals surface area contributed by atoms with Gasteiger partial charge in [0.15, 0.2) is 0 Å². The van der Waals surface area contributed by atoms with Crippen LogP contribution in [0.4, 0.5) is 0 Å².